The molecule has 1 aromatic heterocycles. The molecule has 0 fully saturated rings. The Hall–Kier alpha value is -2.34. The van der Waals surface area contributed by atoms with Crippen molar-refractivity contribution < 1.29 is 9.90 Å². The average Bonchev–Trinajstić information content (AvgIpc) is 2.90. The van der Waals surface area contributed by atoms with Crippen LogP contribution >= 0.6 is 0 Å². The maximum Gasteiger partial charge on any atom is 0.267 e. The van der Waals surface area contributed by atoms with Gasteiger partial charge in [0.25, 0.3) is 11.5 Å². The topological polar surface area (TPSA) is 97.3 Å². The van der Waals surface area contributed by atoms with E-state index < -0.39 is 11.5 Å². The molecule has 1 amide bonds. The molecule has 0 unspecified atom stereocenters. The van der Waals surface area contributed by atoms with E-state index in [1.165, 1.54) is 0 Å². The van der Waals surface area contributed by atoms with E-state index >= 15 is 0 Å². The number of nitrogens with one attached hydrogen (secondary N) is 1. The number of aryl methyl sites for hydroxylation is 2. The van der Waals surface area contributed by atoms with Crippen LogP contribution in [0, 0.1) is 0 Å². The number of carbonyl (C=O) groups excluding carboxylic acids is 1. The number of aromatic hydroxyl groups is 1. The minimum atomic E-state index is -0.547. The molecule has 0 spiro atoms. The Morgan fingerprint density at radius 1 is 1.43 bits per heavy atom. The van der Waals surface area contributed by atoms with Crippen molar-refractivity contribution in [1.82, 2.24) is 9.88 Å². The van der Waals surface area contributed by atoms with Crippen molar-refractivity contribution >= 4 is 16.8 Å². The predicted molar refractivity (Wildman–Crippen MR) is 79.6 cm³/mol. The summed E-state index contributed by atoms with van der Waals surface area (Å²) in [6, 6.07) is 5.49. The van der Waals surface area contributed by atoms with Gasteiger partial charge in [-0.1, -0.05) is 12.1 Å². The molecule has 2 heterocycles. The Morgan fingerprint density at radius 2 is 2.24 bits per heavy atom. The molecular formula is C15H17N3O3. The molecule has 6 heteroatoms. The van der Waals surface area contributed by atoms with Gasteiger partial charge in [-0.15, -0.1) is 0 Å². The number of nitrogens with zero attached hydrogens (tertiary/aromatic N) is 1. The van der Waals surface area contributed by atoms with Crippen molar-refractivity contribution in [3.63, 3.8) is 0 Å². The summed E-state index contributed by atoms with van der Waals surface area (Å²) in [5.41, 5.74) is 6.51. The molecule has 1 aromatic carbocycles. The molecule has 1 aliphatic heterocycles. The van der Waals surface area contributed by atoms with Crippen molar-refractivity contribution in [2.24, 2.45) is 5.73 Å². The summed E-state index contributed by atoms with van der Waals surface area (Å²) in [4.78, 5) is 24.6. The number of nitrogens with two attached hydrogens (primary N) is 1. The minimum absolute atomic E-state index is 0.182. The molecule has 0 atom stereocenters. The molecule has 0 saturated carbocycles. The second-order valence-corrected chi connectivity index (χ2v) is 5.14. The van der Waals surface area contributed by atoms with Crippen LogP contribution in [0.3, 0.4) is 0 Å². The largest absolute Gasteiger partial charge is 0.506 e. The fraction of sp³-hybridized carbons (Fsp3) is 0.333. The van der Waals surface area contributed by atoms with Crippen LogP contribution in [0.2, 0.25) is 0 Å². The van der Waals surface area contributed by atoms with Crippen molar-refractivity contribution in [2.75, 3.05) is 13.1 Å². The number of hydrogen-bond acceptors (Lipinski definition) is 4. The third-order valence-corrected chi connectivity index (χ3v) is 3.84. The van der Waals surface area contributed by atoms with Gasteiger partial charge in [0, 0.05) is 18.5 Å². The summed E-state index contributed by atoms with van der Waals surface area (Å²) in [7, 11) is 0. The Bertz CT molecular complexity index is 780. The molecular weight excluding hydrogens is 270 g/mol. The molecule has 1 aliphatic rings. The van der Waals surface area contributed by atoms with Crippen LogP contribution in [0.1, 0.15) is 22.3 Å². The van der Waals surface area contributed by atoms with Crippen molar-refractivity contribution in [3.05, 3.63) is 39.7 Å². The van der Waals surface area contributed by atoms with Gasteiger partial charge in [0.15, 0.2) is 0 Å². The first kappa shape index (κ1) is 13.6. The highest BCUT2D eigenvalue weighted by atomic mass is 16.3. The first-order valence-electron chi connectivity index (χ1n) is 7.00. The summed E-state index contributed by atoms with van der Waals surface area (Å²) in [5.74, 6) is -0.783. The Kier molecular flexibility index (Phi) is 3.39. The van der Waals surface area contributed by atoms with Gasteiger partial charge >= 0.3 is 0 Å². The van der Waals surface area contributed by atoms with E-state index in [1.807, 2.05) is 12.1 Å². The summed E-state index contributed by atoms with van der Waals surface area (Å²) >= 11 is 0. The van der Waals surface area contributed by atoms with Crippen LogP contribution in [0.5, 0.6) is 5.75 Å². The third-order valence-electron chi connectivity index (χ3n) is 3.84. The highest BCUT2D eigenvalue weighted by Crippen LogP contribution is 2.31. The van der Waals surface area contributed by atoms with Crippen LogP contribution in [0.15, 0.2) is 23.0 Å². The van der Waals surface area contributed by atoms with Gasteiger partial charge in [-0.05, 0) is 31.0 Å². The maximum atomic E-state index is 12.5. The van der Waals surface area contributed by atoms with Gasteiger partial charge in [-0.3, -0.25) is 9.59 Å². The van der Waals surface area contributed by atoms with E-state index in [1.54, 1.807) is 10.6 Å². The van der Waals surface area contributed by atoms with Crippen LogP contribution in [-0.4, -0.2) is 28.7 Å². The number of pyridine rings is 1. The van der Waals surface area contributed by atoms with Gasteiger partial charge in [-0.25, -0.2) is 0 Å². The maximum absolute atomic E-state index is 12.5. The number of rotatable bonds is 4. The standard InChI is InChI=1S/C15H17N3O3/c16-6-2-7-17-14(20)11-13(19)10-4-1-3-9-5-8-18(12(9)10)15(11)21/h1,3-4,19H,2,5-8,16H2,(H,17,20). The van der Waals surface area contributed by atoms with Crippen molar-refractivity contribution in [2.45, 2.75) is 19.4 Å². The van der Waals surface area contributed by atoms with Gasteiger partial charge in [0.2, 0.25) is 0 Å². The van der Waals surface area contributed by atoms with Crippen LogP contribution < -0.4 is 16.6 Å². The Labute approximate surface area is 121 Å². The van der Waals surface area contributed by atoms with Crippen molar-refractivity contribution in [1.29, 1.82) is 0 Å². The van der Waals surface area contributed by atoms with E-state index in [0.29, 0.717) is 31.4 Å². The van der Waals surface area contributed by atoms with Gasteiger partial charge in [0.05, 0.1) is 5.52 Å². The molecule has 0 radical (unpaired) electrons. The molecule has 4 N–H and O–H groups in total. The lowest BCUT2D eigenvalue weighted by Crippen LogP contribution is -2.33. The molecule has 0 saturated heterocycles. The number of para-hydroxylation sites is 1. The fourth-order valence-corrected chi connectivity index (χ4v) is 2.82. The Balaban J connectivity index is 2.13. The Morgan fingerprint density at radius 3 is 3.00 bits per heavy atom. The molecule has 6 nitrogen and oxygen atoms in total. The second-order valence-electron chi connectivity index (χ2n) is 5.14. The molecule has 110 valence electrons. The predicted octanol–water partition coefficient (Wildman–Crippen LogP) is 0.342. The van der Waals surface area contributed by atoms with Gasteiger partial charge < -0.3 is 20.7 Å². The van der Waals surface area contributed by atoms with Gasteiger partial charge in [0.1, 0.15) is 11.3 Å². The zero-order chi connectivity index (χ0) is 15.0. The molecule has 0 bridgehead atoms. The number of hydrogen-bond donors (Lipinski definition) is 3. The molecule has 2 aromatic rings. The van der Waals surface area contributed by atoms with E-state index in [2.05, 4.69) is 5.32 Å². The average molecular weight is 287 g/mol. The highest BCUT2D eigenvalue weighted by Gasteiger charge is 2.25. The normalized spacial score (nSPS) is 12.8. The lowest BCUT2D eigenvalue weighted by molar-refractivity contribution is 0.0949. The number of carbonyl (C=O) groups is 1. The van der Waals surface area contributed by atoms with Gasteiger partial charge in [-0.2, -0.15) is 0 Å². The monoisotopic (exact) mass is 287 g/mol. The second kappa shape index (κ2) is 5.21. The first-order valence-corrected chi connectivity index (χ1v) is 7.00. The molecule has 0 aliphatic carbocycles. The summed E-state index contributed by atoms with van der Waals surface area (Å²) in [5, 5.41) is 13.5. The fourth-order valence-electron chi connectivity index (χ4n) is 2.82. The highest BCUT2D eigenvalue weighted by molar-refractivity contribution is 6.03. The van der Waals surface area contributed by atoms with Crippen LogP contribution in [0.4, 0.5) is 0 Å². The number of benzene rings is 1. The van der Waals surface area contributed by atoms with Crippen molar-refractivity contribution in [3.8, 4) is 5.75 Å². The summed E-state index contributed by atoms with van der Waals surface area (Å²) in [6.45, 7) is 1.38. The molecule has 3 rings (SSSR count). The van der Waals surface area contributed by atoms with E-state index in [9.17, 15) is 14.7 Å². The molecule has 21 heavy (non-hydrogen) atoms. The SMILES string of the molecule is NCCCNC(=O)c1c(O)c2cccc3c2n(c1=O)CC3. The van der Waals surface area contributed by atoms with E-state index in [0.717, 1.165) is 17.5 Å². The van der Waals surface area contributed by atoms with E-state index in [-0.39, 0.29) is 11.3 Å². The van der Waals surface area contributed by atoms with E-state index in [4.69, 9.17) is 5.73 Å². The lowest BCUT2D eigenvalue weighted by Gasteiger charge is -2.11. The minimum Gasteiger partial charge on any atom is -0.506 e. The summed E-state index contributed by atoms with van der Waals surface area (Å²) < 4.78 is 1.57. The zero-order valence-electron chi connectivity index (χ0n) is 11.6. The first-order chi connectivity index (χ1) is 10.1. The lowest BCUT2D eigenvalue weighted by atomic mass is 10.1. The quantitative estimate of drug-likeness (QED) is 0.706. The number of aromatic nitrogens is 1. The van der Waals surface area contributed by atoms with Crippen LogP contribution in [-0.2, 0) is 13.0 Å². The number of amides is 1. The van der Waals surface area contributed by atoms with Crippen LogP contribution in [0.25, 0.3) is 10.9 Å². The third kappa shape index (κ3) is 2.08. The smallest absolute Gasteiger partial charge is 0.267 e. The zero-order valence-corrected chi connectivity index (χ0v) is 11.6. The summed E-state index contributed by atoms with van der Waals surface area (Å²) in [6.07, 6.45) is 1.36.